The first-order chi connectivity index (χ1) is 20.3. The molecular formula is C40H29I. The van der Waals surface area contributed by atoms with E-state index in [9.17, 15) is 0 Å². The SMILES string of the molecule is CCI1c2ccccc2-c2cc(-c3cccc(-c4c5ccccc5c(-c5ccccc5)c5ccccc45)c3)ccc21. The normalized spacial score (nSPS) is 13.0. The van der Waals surface area contributed by atoms with Gasteiger partial charge in [-0.2, -0.15) is 0 Å². The molecular weight excluding hydrogens is 607 g/mol. The van der Waals surface area contributed by atoms with Gasteiger partial charge >= 0.3 is 220 Å². The van der Waals surface area contributed by atoms with Crippen LogP contribution in [0.2, 0.25) is 0 Å². The van der Waals surface area contributed by atoms with Gasteiger partial charge in [0.1, 0.15) is 0 Å². The van der Waals surface area contributed by atoms with Gasteiger partial charge in [0.05, 0.1) is 0 Å². The molecule has 0 N–H and O–H groups in total. The van der Waals surface area contributed by atoms with Crippen LogP contribution < -0.4 is 0 Å². The molecule has 0 nitrogen and oxygen atoms in total. The minimum atomic E-state index is -1.32. The van der Waals surface area contributed by atoms with Gasteiger partial charge in [-0.1, -0.05) is 30.3 Å². The first-order valence-electron chi connectivity index (χ1n) is 14.3. The van der Waals surface area contributed by atoms with Crippen molar-refractivity contribution in [2.45, 2.75) is 6.92 Å². The van der Waals surface area contributed by atoms with Crippen molar-refractivity contribution in [1.82, 2.24) is 0 Å². The van der Waals surface area contributed by atoms with Crippen LogP contribution in [-0.2, 0) is 0 Å². The van der Waals surface area contributed by atoms with Crippen LogP contribution in [0.25, 0.3) is 66.1 Å². The maximum atomic E-state index is 2.45. The Morgan fingerprint density at radius 3 is 1.59 bits per heavy atom. The Kier molecular flexibility index (Phi) is 6.00. The van der Waals surface area contributed by atoms with Crippen molar-refractivity contribution < 1.29 is 0 Å². The molecule has 1 aliphatic heterocycles. The molecule has 0 fully saturated rings. The van der Waals surface area contributed by atoms with Crippen molar-refractivity contribution in [1.29, 1.82) is 0 Å². The van der Waals surface area contributed by atoms with Crippen LogP contribution in [-0.4, -0.2) is 4.43 Å². The summed E-state index contributed by atoms with van der Waals surface area (Å²) in [5.74, 6) is 0. The van der Waals surface area contributed by atoms with Crippen molar-refractivity contribution in [3.63, 3.8) is 0 Å². The van der Waals surface area contributed by atoms with E-state index < -0.39 is 19.8 Å². The average Bonchev–Trinajstić information content (AvgIpc) is 3.37. The number of hydrogen-bond donors (Lipinski definition) is 0. The first kappa shape index (κ1) is 24.6. The molecule has 1 aliphatic rings. The first-order valence-corrected chi connectivity index (χ1v) is 18.0. The van der Waals surface area contributed by atoms with Gasteiger partial charge in [-0.25, -0.2) is 0 Å². The zero-order chi connectivity index (χ0) is 27.3. The van der Waals surface area contributed by atoms with Gasteiger partial charge in [0, 0.05) is 0 Å². The van der Waals surface area contributed by atoms with E-state index in [4.69, 9.17) is 0 Å². The zero-order valence-corrected chi connectivity index (χ0v) is 25.1. The predicted molar refractivity (Wildman–Crippen MR) is 185 cm³/mol. The molecule has 0 unspecified atom stereocenters. The summed E-state index contributed by atoms with van der Waals surface area (Å²) in [6, 6.07) is 54.2. The van der Waals surface area contributed by atoms with Crippen LogP contribution in [0.15, 0.2) is 146 Å². The van der Waals surface area contributed by atoms with Crippen molar-refractivity contribution in [3.8, 4) is 44.5 Å². The van der Waals surface area contributed by atoms with Gasteiger partial charge < -0.3 is 0 Å². The molecule has 41 heavy (non-hydrogen) atoms. The standard InChI is InChI=1S/C40H29I/c1-2-41-37-22-11-10-17-31(37)36-26-29(23-24-38(36)41)28-15-12-16-30(25-28)40-34-20-8-6-18-32(34)39(27-13-4-3-5-14-27)33-19-7-9-21-35(33)40/h3-26H,2H2,1H3. The fourth-order valence-electron chi connectivity index (χ4n) is 6.60. The molecule has 1 heteroatoms. The van der Waals surface area contributed by atoms with Crippen LogP contribution in [0.5, 0.6) is 0 Å². The van der Waals surface area contributed by atoms with Gasteiger partial charge in [0.15, 0.2) is 0 Å². The van der Waals surface area contributed by atoms with E-state index >= 15 is 0 Å². The third kappa shape index (κ3) is 3.94. The Morgan fingerprint density at radius 1 is 0.390 bits per heavy atom. The molecule has 1 heterocycles. The summed E-state index contributed by atoms with van der Waals surface area (Å²) in [7, 11) is 0. The van der Waals surface area contributed by atoms with Gasteiger partial charge in [0.25, 0.3) is 0 Å². The van der Waals surface area contributed by atoms with Crippen LogP contribution in [0.1, 0.15) is 6.92 Å². The zero-order valence-electron chi connectivity index (χ0n) is 22.9. The number of alkyl halides is 1. The molecule has 0 amide bonds. The molecule has 196 valence electrons. The molecule has 0 bridgehead atoms. The predicted octanol–water partition coefficient (Wildman–Crippen LogP) is 11.5. The van der Waals surface area contributed by atoms with Crippen LogP contribution in [0, 0.1) is 7.14 Å². The van der Waals surface area contributed by atoms with Crippen LogP contribution in [0.3, 0.4) is 0 Å². The topological polar surface area (TPSA) is 0 Å². The second-order valence-electron chi connectivity index (χ2n) is 10.6. The molecule has 0 aliphatic carbocycles. The quantitative estimate of drug-likeness (QED) is 0.102. The molecule has 0 spiro atoms. The van der Waals surface area contributed by atoms with Crippen molar-refractivity contribution in [2.24, 2.45) is 0 Å². The molecule has 7 aromatic rings. The molecule has 0 radical (unpaired) electrons. The molecule has 0 atom stereocenters. The summed E-state index contributed by atoms with van der Waals surface area (Å²) < 4.78 is 4.52. The fourth-order valence-corrected chi connectivity index (χ4v) is 12.4. The van der Waals surface area contributed by atoms with E-state index in [0.29, 0.717) is 0 Å². The molecule has 0 saturated carbocycles. The fraction of sp³-hybridized carbons (Fsp3) is 0.0500. The van der Waals surface area contributed by atoms with Gasteiger partial charge in [-0.05, 0) is 0 Å². The van der Waals surface area contributed by atoms with Crippen molar-refractivity contribution in [3.05, 3.63) is 153 Å². The van der Waals surface area contributed by atoms with E-state index in [1.807, 2.05) is 0 Å². The maximum absolute atomic E-state index is 2.45. The third-order valence-corrected chi connectivity index (χ3v) is 14.6. The number of benzene rings is 7. The van der Waals surface area contributed by atoms with E-state index in [2.05, 4.69) is 153 Å². The molecule has 8 rings (SSSR count). The summed E-state index contributed by atoms with van der Waals surface area (Å²) in [5, 5.41) is 5.18. The summed E-state index contributed by atoms with van der Waals surface area (Å²) in [6.45, 7) is 2.37. The van der Waals surface area contributed by atoms with Gasteiger partial charge in [-0.3, -0.25) is 0 Å². The van der Waals surface area contributed by atoms with E-state index in [0.717, 1.165) is 0 Å². The van der Waals surface area contributed by atoms with Crippen LogP contribution >= 0.6 is 19.8 Å². The summed E-state index contributed by atoms with van der Waals surface area (Å²) in [4.78, 5) is 0. The minimum absolute atomic E-state index is 1.26. The summed E-state index contributed by atoms with van der Waals surface area (Å²) in [5.41, 5.74) is 10.6. The summed E-state index contributed by atoms with van der Waals surface area (Å²) >= 11 is -1.32. The molecule has 0 aromatic heterocycles. The van der Waals surface area contributed by atoms with E-state index in [1.165, 1.54) is 70.5 Å². The summed E-state index contributed by atoms with van der Waals surface area (Å²) in [6.07, 6.45) is 0. The Balaban J connectivity index is 1.34. The Bertz CT molecular complexity index is 2030. The van der Waals surface area contributed by atoms with Gasteiger partial charge in [-0.15, -0.1) is 0 Å². The second-order valence-corrected chi connectivity index (χ2v) is 16.5. The second kappa shape index (κ2) is 10.0. The Morgan fingerprint density at radius 2 is 0.902 bits per heavy atom. The third-order valence-electron chi connectivity index (χ3n) is 8.37. The Hall–Kier alpha value is -4.21. The average molecular weight is 637 g/mol. The van der Waals surface area contributed by atoms with Crippen LogP contribution in [0.4, 0.5) is 0 Å². The van der Waals surface area contributed by atoms with E-state index in [1.54, 1.807) is 7.14 Å². The van der Waals surface area contributed by atoms with Gasteiger partial charge in [0.2, 0.25) is 0 Å². The van der Waals surface area contributed by atoms with E-state index in [-0.39, 0.29) is 0 Å². The monoisotopic (exact) mass is 636 g/mol. The number of hydrogen-bond acceptors (Lipinski definition) is 0. The molecule has 0 saturated heterocycles. The molecule has 7 aromatic carbocycles. The Labute approximate surface area is 248 Å². The number of halogens is 1. The number of fused-ring (bicyclic) bond motifs is 5. The number of rotatable bonds is 4. The van der Waals surface area contributed by atoms with Crippen molar-refractivity contribution >= 4 is 41.4 Å². The van der Waals surface area contributed by atoms with Crippen molar-refractivity contribution in [2.75, 3.05) is 4.43 Å².